The van der Waals surface area contributed by atoms with Crippen molar-refractivity contribution in [2.45, 2.75) is 4.90 Å². The Labute approximate surface area is 132 Å². The van der Waals surface area contributed by atoms with Gasteiger partial charge in [0.15, 0.2) is 0 Å². The molecule has 108 valence electrons. The molecule has 0 spiro atoms. The van der Waals surface area contributed by atoms with Crippen LogP contribution in [0.3, 0.4) is 0 Å². The second-order valence-electron chi connectivity index (χ2n) is 3.92. The predicted molar refractivity (Wildman–Crippen MR) is 83.7 cm³/mol. The first-order valence-electron chi connectivity index (χ1n) is 5.68. The third-order valence-electron chi connectivity index (χ3n) is 2.54. The molecule has 0 unspecified atom stereocenters. The van der Waals surface area contributed by atoms with Gasteiger partial charge in [0, 0.05) is 10.5 Å². The van der Waals surface area contributed by atoms with Gasteiger partial charge in [0.25, 0.3) is 5.69 Å². The minimum absolute atomic E-state index is 0.0380. The highest BCUT2D eigenvalue weighted by Crippen LogP contribution is 2.31. The maximum absolute atomic E-state index is 11.2. The topological polar surface area (TPSA) is 92.5 Å². The minimum Gasteiger partial charge on any atom is -0.478 e. The number of carboxylic acid groups (broad SMARTS) is 1. The number of nitrogens with one attached hydrogen (secondary N) is 1. The second-order valence-corrected chi connectivity index (χ2v) is 5.69. The van der Waals surface area contributed by atoms with Crippen LogP contribution >= 0.6 is 27.9 Å². The van der Waals surface area contributed by atoms with Crippen LogP contribution in [0.25, 0.3) is 0 Å². The molecule has 6 nitrogen and oxygen atoms in total. The van der Waals surface area contributed by atoms with Gasteiger partial charge in [-0.3, -0.25) is 10.1 Å². The lowest BCUT2D eigenvalue weighted by Crippen LogP contribution is -2.02. The van der Waals surface area contributed by atoms with Gasteiger partial charge in [-0.2, -0.15) is 0 Å². The second kappa shape index (κ2) is 6.59. The number of carbonyl (C=O) groups is 1. The Bertz CT molecular complexity index is 708. The SMILES string of the molecule is O=C(O)c1cc(Br)ccc1NSc1ccccc1[N+](=O)[O-]. The molecule has 0 amide bonds. The minimum atomic E-state index is -1.08. The summed E-state index contributed by atoms with van der Waals surface area (Å²) in [7, 11) is 0. The molecule has 0 aliphatic rings. The van der Waals surface area contributed by atoms with Crippen LogP contribution in [-0.2, 0) is 0 Å². The number of benzene rings is 2. The van der Waals surface area contributed by atoms with Gasteiger partial charge in [0.1, 0.15) is 4.90 Å². The lowest BCUT2D eigenvalue weighted by atomic mass is 10.2. The molecule has 0 aromatic heterocycles. The van der Waals surface area contributed by atoms with Crippen LogP contribution in [-0.4, -0.2) is 16.0 Å². The predicted octanol–water partition coefficient (Wildman–Crippen LogP) is 4.17. The maximum atomic E-state index is 11.2. The molecule has 2 aromatic carbocycles. The Kier molecular flexibility index (Phi) is 4.81. The van der Waals surface area contributed by atoms with Crippen LogP contribution in [0.15, 0.2) is 51.8 Å². The van der Waals surface area contributed by atoms with E-state index in [9.17, 15) is 14.9 Å². The number of nitro benzene ring substituents is 1. The zero-order valence-electron chi connectivity index (χ0n) is 10.4. The van der Waals surface area contributed by atoms with Crippen LogP contribution < -0.4 is 4.72 Å². The molecule has 0 fully saturated rings. The van der Waals surface area contributed by atoms with Gasteiger partial charge in [-0.05, 0) is 36.2 Å². The number of rotatable bonds is 5. The lowest BCUT2D eigenvalue weighted by Gasteiger charge is -2.09. The van der Waals surface area contributed by atoms with E-state index >= 15 is 0 Å². The van der Waals surface area contributed by atoms with Crippen molar-refractivity contribution < 1.29 is 14.8 Å². The summed E-state index contributed by atoms with van der Waals surface area (Å²) in [5, 5.41) is 20.1. The lowest BCUT2D eigenvalue weighted by molar-refractivity contribution is -0.387. The van der Waals surface area contributed by atoms with E-state index in [4.69, 9.17) is 5.11 Å². The van der Waals surface area contributed by atoms with Crippen LogP contribution in [0.2, 0.25) is 0 Å². The number of nitrogens with zero attached hydrogens (tertiary/aromatic N) is 1. The van der Waals surface area contributed by atoms with Crippen molar-refractivity contribution in [2.24, 2.45) is 0 Å². The van der Waals surface area contributed by atoms with Crippen molar-refractivity contribution in [2.75, 3.05) is 4.72 Å². The summed E-state index contributed by atoms with van der Waals surface area (Å²) in [5.41, 5.74) is 0.410. The smallest absolute Gasteiger partial charge is 0.337 e. The first kappa shape index (κ1) is 15.3. The zero-order valence-corrected chi connectivity index (χ0v) is 12.8. The molecular weight excluding hydrogens is 360 g/mol. The summed E-state index contributed by atoms with van der Waals surface area (Å²) in [6.07, 6.45) is 0. The molecule has 0 atom stereocenters. The average molecular weight is 369 g/mol. The van der Waals surface area contributed by atoms with Crippen LogP contribution in [0.4, 0.5) is 11.4 Å². The highest BCUT2D eigenvalue weighted by Gasteiger charge is 2.15. The fourth-order valence-corrected chi connectivity index (χ4v) is 2.74. The molecule has 0 heterocycles. The number of anilines is 1. The third kappa shape index (κ3) is 3.73. The number of nitro groups is 1. The van der Waals surface area contributed by atoms with E-state index in [2.05, 4.69) is 20.7 Å². The van der Waals surface area contributed by atoms with E-state index in [0.29, 0.717) is 15.1 Å². The van der Waals surface area contributed by atoms with Crippen molar-refractivity contribution in [3.63, 3.8) is 0 Å². The Morgan fingerprint density at radius 3 is 2.67 bits per heavy atom. The van der Waals surface area contributed by atoms with Crippen LogP contribution in [0.1, 0.15) is 10.4 Å². The van der Waals surface area contributed by atoms with Crippen molar-refractivity contribution >= 4 is 45.2 Å². The average Bonchev–Trinajstić information content (AvgIpc) is 2.46. The first-order valence-corrected chi connectivity index (χ1v) is 7.29. The van der Waals surface area contributed by atoms with E-state index in [0.717, 1.165) is 11.9 Å². The van der Waals surface area contributed by atoms with Crippen molar-refractivity contribution in [1.29, 1.82) is 0 Å². The number of halogens is 1. The Morgan fingerprint density at radius 2 is 2.00 bits per heavy atom. The van der Waals surface area contributed by atoms with E-state index in [1.54, 1.807) is 30.3 Å². The number of hydrogen-bond donors (Lipinski definition) is 2. The highest BCUT2D eigenvalue weighted by atomic mass is 79.9. The van der Waals surface area contributed by atoms with Gasteiger partial charge in [-0.25, -0.2) is 4.79 Å². The van der Waals surface area contributed by atoms with E-state index in [1.807, 2.05) is 0 Å². The molecule has 2 aromatic rings. The quantitative estimate of drug-likeness (QED) is 0.467. The van der Waals surface area contributed by atoms with E-state index in [-0.39, 0.29) is 11.3 Å². The molecule has 0 bridgehead atoms. The highest BCUT2D eigenvalue weighted by molar-refractivity contribution is 9.10. The van der Waals surface area contributed by atoms with Crippen molar-refractivity contribution in [1.82, 2.24) is 0 Å². The maximum Gasteiger partial charge on any atom is 0.337 e. The summed E-state index contributed by atoms with van der Waals surface area (Å²) < 4.78 is 3.48. The molecule has 0 saturated heterocycles. The van der Waals surface area contributed by atoms with Gasteiger partial charge in [0.2, 0.25) is 0 Å². The molecular formula is C13H9BrN2O4S. The zero-order chi connectivity index (χ0) is 15.4. The van der Waals surface area contributed by atoms with Crippen LogP contribution in [0, 0.1) is 10.1 Å². The number of para-hydroxylation sites is 1. The van der Waals surface area contributed by atoms with E-state index < -0.39 is 10.9 Å². The molecule has 0 aliphatic carbocycles. The van der Waals surface area contributed by atoms with E-state index in [1.165, 1.54) is 12.1 Å². The largest absolute Gasteiger partial charge is 0.478 e. The molecule has 21 heavy (non-hydrogen) atoms. The fraction of sp³-hybridized carbons (Fsp3) is 0. The Morgan fingerprint density at radius 1 is 1.29 bits per heavy atom. The van der Waals surface area contributed by atoms with Gasteiger partial charge in [0.05, 0.1) is 16.2 Å². The first-order chi connectivity index (χ1) is 9.99. The molecule has 8 heteroatoms. The number of carboxylic acids is 1. The van der Waals surface area contributed by atoms with Gasteiger partial charge in [-0.15, -0.1) is 0 Å². The van der Waals surface area contributed by atoms with Crippen LogP contribution in [0.5, 0.6) is 0 Å². The standard InChI is InChI=1S/C13H9BrN2O4S/c14-8-5-6-10(9(7-8)13(17)18)15-21-12-4-2-1-3-11(12)16(19)20/h1-7,15H,(H,17,18). The monoisotopic (exact) mass is 368 g/mol. The summed E-state index contributed by atoms with van der Waals surface area (Å²) in [5.74, 6) is -1.08. The van der Waals surface area contributed by atoms with Gasteiger partial charge < -0.3 is 9.83 Å². The molecule has 2 rings (SSSR count). The fourth-order valence-electron chi connectivity index (χ4n) is 1.59. The van der Waals surface area contributed by atoms with Crippen molar-refractivity contribution in [3.05, 3.63) is 62.6 Å². The summed E-state index contributed by atoms with van der Waals surface area (Å²) in [6, 6.07) is 11.0. The molecule has 2 N–H and O–H groups in total. The van der Waals surface area contributed by atoms with Gasteiger partial charge in [-0.1, -0.05) is 28.1 Å². The van der Waals surface area contributed by atoms with Crippen molar-refractivity contribution in [3.8, 4) is 0 Å². The molecule has 0 aliphatic heterocycles. The summed E-state index contributed by atoms with van der Waals surface area (Å²) in [6.45, 7) is 0. The summed E-state index contributed by atoms with van der Waals surface area (Å²) in [4.78, 5) is 22.0. The Balaban J connectivity index is 2.25. The molecule has 0 saturated carbocycles. The number of aromatic carboxylic acids is 1. The third-order valence-corrected chi connectivity index (χ3v) is 3.93. The molecule has 0 radical (unpaired) electrons. The van der Waals surface area contributed by atoms with Gasteiger partial charge >= 0.3 is 5.97 Å². The summed E-state index contributed by atoms with van der Waals surface area (Å²) >= 11 is 4.20. The normalized spacial score (nSPS) is 10.1. The number of hydrogen-bond acceptors (Lipinski definition) is 5. The Hall–Kier alpha value is -2.06.